The normalized spacial score (nSPS) is 11.5. The molecule has 0 N–H and O–H groups in total. The number of hydrogen-bond acceptors (Lipinski definition) is 5. The molecule has 0 fully saturated rings. The topological polar surface area (TPSA) is 78.3 Å². The standard InChI is InChI=1S/C19H15Cl2FN2O4S/c1-10-4-6-13(7-5-10)29(26,27)28-18-11(2)19(25)24(12(3)23-18)15-9-8-14(22)16(20)17(15)21/h4-9H,1-3H3. The van der Waals surface area contributed by atoms with Crippen LogP contribution in [0, 0.1) is 26.6 Å². The SMILES string of the molecule is Cc1ccc(S(=O)(=O)Oc2nc(C)n(-c3ccc(F)c(Cl)c3Cl)c(=O)c2C)cc1. The van der Waals surface area contributed by atoms with Gasteiger partial charge in [-0.15, -0.1) is 0 Å². The summed E-state index contributed by atoms with van der Waals surface area (Å²) in [7, 11) is -4.19. The molecule has 2 aromatic carbocycles. The Labute approximate surface area is 176 Å². The molecule has 0 aliphatic heterocycles. The van der Waals surface area contributed by atoms with E-state index in [0.29, 0.717) is 0 Å². The lowest BCUT2D eigenvalue weighted by Crippen LogP contribution is -2.26. The quantitative estimate of drug-likeness (QED) is 0.430. The minimum Gasteiger partial charge on any atom is -0.358 e. The highest BCUT2D eigenvalue weighted by Crippen LogP contribution is 2.31. The number of hydrogen-bond donors (Lipinski definition) is 0. The van der Waals surface area contributed by atoms with E-state index in [0.717, 1.165) is 16.2 Å². The van der Waals surface area contributed by atoms with Crippen molar-refractivity contribution in [1.29, 1.82) is 0 Å². The second-order valence-corrected chi connectivity index (χ2v) is 8.58. The maximum atomic E-state index is 13.6. The average Bonchev–Trinajstić information content (AvgIpc) is 2.66. The molecular weight excluding hydrogens is 442 g/mol. The predicted octanol–water partition coefficient (Wildman–Crippen LogP) is 4.37. The van der Waals surface area contributed by atoms with Crippen LogP contribution in [0.3, 0.4) is 0 Å². The third-order valence-electron chi connectivity index (χ3n) is 4.19. The van der Waals surface area contributed by atoms with Gasteiger partial charge in [0.15, 0.2) is 0 Å². The van der Waals surface area contributed by atoms with E-state index >= 15 is 0 Å². The Morgan fingerprint density at radius 2 is 1.62 bits per heavy atom. The van der Waals surface area contributed by atoms with Gasteiger partial charge in [-0.2, -0.15) is 13.4 Å². The zero-order valence-corrected chi connectivity index (χ0v) is 17.9. The van der Waals surface area contributed by atoms with E-state index in [2.05, 4.69) is 4.98 Å². The van der Waals surface area contributed by atoms with Gasteiger partial charge >= 0.3 is 10.1 Å². The molecule has 0 atom stereocenters. The molecule has 3 aromatic rings. The van der Waals surface area contributed by atoms with Crippen LogP contribution in [-0.2, 0) is 10.1 Å². The Balaban J connectivity index is 2.10. The fourth-order valence-corrected chi connectivity index (χ4v) is 3.93. The van der Waals surface area contributed by atoms with Gasteiger partial charge in [0.05, 0.1) is 21.3 Å². The third-order valence-corrected chi connectivity index (χ3v) is 6.26. The van der Waals surface area contributed by atoms with Gasteiger partial charge in [0.25, 0.3) is 5.56 Å². The third kappa shape index (κ3) is 4.01. The van der Waals surface area contributed by atoms with Crippen molar-refractivity contribution >= 4 is 33.3 Å². The Kier molecular flexibility index (Phi) is 5.71. The first-order chi connectivity index (χ1) is 13.5. The first-order valence-corrected chi connectivity index (χ1v) is 10.4. The highest BCUT2D eigenvalue weighted by atomic mass is 35.5. The fraction of sp³-hybridized carbons (Fsp3) is 0.158. The van der Waals surface area contributed by atoms with Crippen molar-refractivity contribution in [3.8, 4) is 11.6 Å². The molecule has 0 amide bonds. The van der Waals surface area contributed by atoms with Gasteiger partial charge in [-0.05, 0) is 45.0 Å². The van der Waals surface area contributed by atoms with Crippen LogP contribution in [0.2, 0.25) is 10.0 Å². The van der Waals surface area contributed by atoms with E-state index < -0.39 is 21.5 Å². The molecule has 3 rings (SSSR count). The fourth-order valence-electron chi connectivity index (χ4n) is 2.60. The zero-order chi connectivity index (χ0) is 21.5. The summed E-state index contributed by atoms with van der Waals surface area (Å²) >= 11 is 11.9. The molecule has 0 spiro atoms. The van der Waals surface area contributed by atoms with Crippen LogP contribution in [0.5, 0.6) is 5.88 Å². The molecule has 0 aliphatic carbocycles. The molecule has 29 heavy (non-hydrogen) atoms. The molecule has 0 saturated heterocycles. The zero-order valence-electron chi connectivity index (χ0n) is 15.5. The van der Waals surface area contributed by atoms with Crippen LogP contribution in [0.1, 0.15) is 17.0 Å². The summed E-state index contributed by atoms with van der Waals surface area (Å²) in [5.41, 5.74) is 0.301. The second-order valence-electron chi connectivity index (χ2n) is 6.27. The molecular formula is C19H15Cl2FN2O4S. The Morgan fingerprint density at radius 1 is 1.00 bits per heavy atom. The monoisotopic (exact) mass is 456 g/mol. The lowest BCUT2D eigenvalue weighted by atomic mass is 10.2. The number of rotatable bonds is 4. The number of halogens is 3. The van der Waals surface area contributed by atoms with E-state index in [-0.39, 0.29) is 37.9 Å². The van der Waals surface area contributed by atoms with Gasteiger partial charge in [-0.25, -0.2) is 4.39 Å². The molecule has 0 bridgehead atoms. The highest BCUT2D eigenvalue weighted by molar-refractivity contribution is 7.87. The van der Waals surface area contributed by atoms with Crippen molar-refractivity contribution in [3.05, 3.63) is 79.6 Å². The smallest absolute Gasteiger partial charge is 0.340 e. The van der Waals surface area contributed by atoms with Crippen LogP contribution in [0.25, 0.3) is 5.69 Å². The van der Waals surface area contributed by atoms with Gasteiger partial charge in [0.1, 0.15) is 16.5 Å². The van der Waals surface area contributed by atoms with Crippen molar-refractivity contribution in [2.75, 3.05) is 0 Å². The van der Waals surface area contributed by atoms with Gasteiger partial charge in [-0.1, -0.05) is 40.9 Å². The summed E-state index contributed by atoms with van der Waals surface area (Å²) in [4.78, 5) is 16.9. The number of benzene rings is 2. The van der Waals surface area contributed by atoms with Crippen LogP contribution in [0.15, 0.2) is 46.1 Å². The first kappa shape index (κ1) is 21.3. The number of aromatic nitrogens is 2. The van der Waals surface area contributed by atoms with Crippen LogP contribution >= 0.6 is 23.2 Å². The van der Waals surface area contributed by atoms with E-state index in [1.807, 2.05) is 6.92 Å². The van der Waals surface area contributed by atoms with Crippen LogP contribution in [-0.4, -0.2) is 18.0 Å². The number of nitrogens with zero attached hydrogens (tertiary/aromatic N) is 2. The maximum absolute atomic E-state index is 13.6. The lowest BCUT2D eigenvalue weighted by Gasteiger charge is -2.15. The minimum absolute atomic E-state index is 0.0669. The maximum Gasteiger partial charge on any atom is 0.340 e. The Hall–Kier alpha value is -2.42. The van der Waals surface area contributed by atoms with E-state index in [9.17, 15) is 17.6 Å². The molecule has 1 aromatic heterocycles. The molecule has 0 saturated carbocycles. The summed E-state index contributed by atoms with van der Waals surface area (Å²) in [6.07, 6.45) is 0. The largest absolute Gasteiger partial charge is 0.358 e. The highest BCUT2D eigenvalue weighted by Gasteiger charge is 2.23. The van der Waals surface area contributed by atoms with E-state index in [1.165, 1.54) is 32.0 Å². The van der Waals surface area contributed by atoms with Gasteiger partial charge in [0.2, 0.25) is 5.88 Å². The van der Waals surface area contributed by atoms with Gasteiger partial charge < -0.3 is 4.18 Å². The molecule has 6 nitrogen and oxygen atoms in total. The number of aryl methyl sites for hydroxylation is 2. The summed E-state index contributed by atoms with van der Waals surface area (Å²) in [5.74, 6) is -1.01. The summed E-state index contributed by atoms with van der Waals surface area (Å²) < 4.78 is 44.9. The van der Waals surface area contributed by atoms with Crippen molar-refractivity contribution in [2.45, 2.75) is 25.7 Å². The summed E-state index contributed by atoms with van der Waals surface area (Å²) in [6.45, 7) is 4.64. The van der Waals surface area contributed by atoms with Crippen molar-refractivity contribution in [1.82, 2.24) is 9.55 Å². The van der Waals surface area contributed by atoms with Crippen LogP contribution in [0.4, 0.5) is 4.39 Å². The van der Waals surface area contributed by atoms with Gasteiger partial charge in [0, 0.05) is 0 Å². The molecule has 0 unspecified atom stereocenters. The van der Waals surface area contributed by atoms with Crippen molar-refractivity contribution < 1.29 is 17.0 Å². The molecule has 1 heterocycles. The Bertz CT molecular complexity index is 1270. The summed E-state index contributed by atoms with van der Waals surface area (Å²) in [5, 5.41) is -0.505. The Morgan fingerprint density at radius 3 is 2.24 bits per heavy atom. The predicted molar refractivity (Wildman–Crippen MR) is 108 cm³/mol. The molecule has 10 heteroatoms. The minimum atomic E-state index is -4.19. The average molecular weight is 457 g/mol. The second kappa shape index (κ2) is 7.78. The van der Waals surface area contributed by atoms with Gasteiger partial charge in [-0.3, -0.25) is 9.36 Å². The van der Waals surface area contributed by atoms with Crippen molar-refractivity contribution in [3.63, 3.8) is 0 Å². The van der Waals surface area contributed by atoms with E-state index in [4.69, 9.17) is 27.4 Å². The molecule has 0 radical (unpaired) electrons. The van der Waals surface area contributed by atoms with Crippen LogP contribution < -0.4 is 9.74 Å². The molecule has 152 valence electrons. The molecule has 0 aliphatic rings. The lowest BCUT2D eigenvalue weighted by molar-refractivity contribution is 0.469. The van der Waals surface area contributed by atoms with E-state index in [1.54, 1.807) is 12.1 Å². The summed E-state index contributed by atoms with van der Waals surface area (Å²) in [6, 6.07) is 8.39. The first-order valence-electron chi connectivity index (χ1n) is 8.28. The van der Waals surface area contributed by atoms with Crippen molar-refractivity contribution in [2.24, 2.45) is 0 Å².